The zero-order valence-corrected chi connectivity index (χ0v) is 10.4. The average molecular weight is 253 g/mol. The molecule has 100 valence electrons. The minimum absolute atomic E-state index is 0.00873. The lowest BCUT2D eigenvalue weighted by Gasteiger charge is -2.18. The third-order valence-electron chi connectivity index (χ3n) is 2.37. The van der Waals surface area contributed by atoms with Crippen LogP contribution in [0.2, 0.25) is 0 Å². The van der Waals surface area contributed by atoms with E-state index in [9.17, 15) is 9.90 Å². The summed E-state index contributed by atoms with van der Waals surface area (Å²) < 4.78 is 10.0. The molecule has 0 aromatic heterocycles. The van der Waals surface area contributed by atoms with Gasteiger partial charge in [0.2, 0.25) is 0 Å². The lowest BCUT2D eigenvalue weighted by molar-refractivity contribution is -0.142. The van der Waals surface area contributed by atoms with E-state index in [4.69, 9.17) is 15.2 Å². The molecule has 18 heavy (non-hydrogen) atoms. The van der Waals surface area contributed by atoms with E-state index >= 15 is 0 Å². The molecule has 0 aliphatic heterocycles. The highest BCUT2D eigenvalue weighted by Gasteiger charge is 2.16. The first kappa shape index (κ1) is 14.6. The molecule has 0 unspecified atom stereocenters. The molecule has 0 spiro atoms. The van der Waals surface area contributed by atoms with Crippen LogP contribution >= 0.6 is 0 Å². The Labute approximate surface area is 107 Å². The first-order valence-electron chi connectivity index (χ1n) is 5.78. The van der Waals surface area contributed by atoms with Gasteiger partial charge in [-0.3, -0.25) is 4.79 Å². The Morgan fingerprint density at radius 3 is 2.61 bits per heavy atom. The van der Waals surface area contributed by atoms with Gasteiger partial charge in [0, 0.05) is 6.92 Å². The quantitative estimate of drug-likeness (QED) is 0.690. The number of ether oxygens (including phenoxy) is 2. The van der Waals surface area contributed by atoms with Crippen LogP contribution in [-0.2, 0) is 20.9 Å². The van der Waals surface area contributed by atoms with Crippen LogP contribution in [0.15, 0.2) is 30.3 Å². The van der Waals surface area contributed by atoms with Crippen LogP contribution in [0, 0.1) is 0 Å². The monoisotopic (exact) mass is 253 g/mol. The summed E-state index contributed by atoms with van der Waals surface area (Å²) in [5.41, 5.74) is 6.66. The Hall–Kier alpha value is -1.43. The van der Waals surface area contributed by atoms with Gasteiger partial charge in [-0.05, 0) is 5.56 Å². The zero-order valence-electron chi connectivity index (χ0n) is 10.4. The van der Waals surface area contributed by atoms with Gasteiger partial charge in [0.1, 0.15) is 6.61 Å². The molecule has 5 nitrogen and oxygen atoms in total. The fourth-order valence-electron chi connectivity index (χ4n) is 1.32. The molecule has 2 atom stereocenters. The molecule has 0 amide bonds. The molecule has 1 aromatic carbocycles. The Morgan fingerprint density at radius 1 is 1.33 bits per heavy atom. The van der Waals surface area contributed by atoms with E-state index in [1.807, 2.05) is 30.3 Å². The maximum absolute atomic E-state index is 10.6. The molecule has 0 saturated carbocycles. The number of hydrogen-bond acceptors (Lipinski definition) is 5. The number of nitrogens with two attached hydrogens (primary N) is 1. The molecule has 0 aliphatic rings. The SMILES string of the molecule is CC(=O)OC[C@@H](N)[C@@H](O)COCc1ccccc1. The minimum atomic E-state index is -0.854. The summed E-state index contributed by atoms with van der Waals surface area (Å²) in [6, 6.07) is 9.00. The van der Waals surface area contributed by atoms with E-state index in [0.29, 0.717) is 6.61 Å². The van der Waals surface area contributed by atoms with Crippen molar-refractivity contribution in [3.63, 3.8) is 0 Å². The standard InChI is InChI=1S/C13H19NO4/c1-10(15)18-8-12(14)13(16)9-17-7-11-5-3-2-4-6-11/h2-6,12-13,16H,7-9,14H2,1H3/t12-,13+/m1/s1. The number of esters is 1. The molecule has 0 bridgehead atoms. The molecule has 0 fully saturated rings. The fourth-order valence-corrected chi connectivity index (χ4v) is 1.32. The zero-order chi connectivity index (χ0) is 13.4. The molecule has 5 heteroatoms. The molecule has 0 aliphatic carbocycles. The maximum atomic E-state index is 10.6. The molecule has 1 rings (SSSR count). The summed E-state index contributed by atoms with van der Waals surface area (Å²) in [6.07, 6.45) is -0.854. The van der Waals surface area contributed by atoms with E-state index in [1.165, 1.54) is 6.92 Å². The third-order valence-corrected chi connectivity index (χ3v) is 2.37. The van der Waals surface area contributed by atoms with E-state index in [2.05, 4.69) is 0 Å². The van der Waals surface area contributed by atoms with Gasteiger partial charge in [0.15, 0.2) is 0 Å². The molecular weight excluding hydrogens is 234 g/mol. The van der Waals surface area contributed by atoms with Crippen molar-refractivity contribution in [2.75, 3.05) is 13.2 Å². The van der Waals surface area contributed by atoms with Gasteiger partial charge in [-0.1, -0.05) is 30.3 Å². The summed E-state index contributed by atoms with van der Waals surface area (Å²) in [4.78, 5) is 10.6. The van der Waals surface area contributed by atoms with Gasteiger partial charge in [-0.25, -0.2) is 0 Å². The topological polar surface area (TPSA) is 81.8 Å². The lowest BCUT2D eigenvalue weighted by atomic mass is 10.2. The normalized spacial score (nSPS) is 13.9. The first-order valence-corrected chi connectivity index (χ1v) is 5.78. The van der Waals surface area contributed by atoms with E-state index in [-0.39, 0.29) is 13.2 Å². The van der Waals surface area contributed by atoms with Crippen molar-refractivity contribution in [3.05, 3.63) is 35.9 Å². The Kier molecular flexibility index (Phi) is 6.35. The van der Waals surface area contributed by atoms with Crippen LogP contribution < -0.4 is 5.73 Å². The number of aliphatic hydroxyl groups is 1. The van der Waals surface area contributed by atoms with Gasteiger partial charge >= 0.3 is 5.97 Å². The van der Waals surface area contributed by atoms with Gasteiger partial charge < -0.3 is 20.3 Å². The second kappa shape index (κ2) is 7.81. The number of carbonyl (C=O) groups excluding carboxylic acids is 1. The molecule has 0 heterocycles. The molecular formula is C13H19NO4. The highest BCUT2D eigenvalue weighted by atomic mass is 16.5. The van der Waals surface area contributed by atoms with Crippen LogP contribution in [0.5, 0.6) is 0 Å². The lowest BCUT2D eigenvalue weighted by Crippen LogP contribution is -2.41. The Balaban J connectivity index is 2.20. The summed E-state index contributed by atoms with van der Waals surface area (Å²) in [6.45, 7) is 1.81. The van der Waals surface area contributed by atoms with Crippen LogP contribution in [0.1, 0.15) is 12.5 Å². The average Bonchev–Trinajstić information content (AvgIpc) is 2.37. The highest BCUT2D eigenvalue weighted by molar-refractivity contribution is 5.65. The molecule has 0 radical (unpaired) electrons. The van der Waals surface area contributed by atoms with E-state index < -0.39 is 18.1 Å². The number of benzene rings is 1. The van der Waals surface area contributed by atoms with Gasteiger partial charge in [-0.15, -0.1) is 0 Å². The van der Waals surface area contributed by atoms with Gasteiger partial charge in [-0.2, -0.15) is 0 Å². The first-order chi connectivity index (χ1) is 8.59. The number of hydrogen-bond donors (Lipinski definition) is 2. The van der Waals surface area contributed by atoms with Gasteiger partial charge in [0.05, 0.1) is 25.4 Å². The second-order valence-corrected chi connectivity index (χ2v) is 4.03. The largest absolute Gasteiger partial charge is 0.464 e. The molecule has 1 aromatic rings. The van der Waals surface area contributed by atoms with E-state index in [1.54, 1.807) is 0 Å². The van der Waals surface area contributed by atoms with Crippen molar-refractivity contribution in [3.8, 4) is 0 Å². The minimum Gasteiger partial charge on any atom is -0.464 e. The van der Waals surface area contributed by atoms with Crippen molar-refractivity contribution in [1.82, 2.24) is 0 Å². The third kappa shape index (κ3) is 5.77. The predicted octanol–water partition coefficient (Wildman–Crippen LogP) is 0.454. The van der Waals surface area contributed by atoms with Crippen molar-refractivity contribution in [2.45, 2.75) is 25.7 Å². The summed E-state index contributed by atoms with van der Waals surface area (Å²) in [7, 11) is 0. The van der Waals surface area contributed by atoms with Crippen molar-refractivity contribution in [2.24, 2.45) is 5.73 Å². The summed E-state index contributed by atoms with van der Waals surface area (Å²) >= 11 is 0. The van der Waals surface area contributed by atoms with Crippen LogP contribution in [-0.4, -0.2) is 36.4 Å². The fraction of sp³-hybridized carbons (Fsp3) is 0.462. The smallest absolute Gasteiger partial charge is 0.302 e. The van der Waals surface area contributed by atoms with Crippen molar-refractivity contribution < 1.29 is 19.4 Å². The molecule has 3 N–H and O–H groups in total. The summed E-state index contributed by atoms with van der Waals surface area (Å²) in [5.74, 6) is -0.414. The number of rotatable bonds is 7. The second-order valence-electron chi connectivity index (χ2n) is 4.03. The highest BCUT2D eigenvalue weighted by Crippen LogP contribution is 2.02. The summed E-state index contributed by atoms with van der Waals surface area (Å²) in [5, 5.41) is 9.67. The van der Waals surface area contributed by atoms with Crippen LogP contribution in [0.3, 0.4) is 0 Å². The van der Waals surface area contributed by atoms with E-state index in [0.717, 1.165) is 5.56 Å². The van der Waals surface area contributed by atoms with Crippen molar-refractivity contribution >= 4 is 5.97 Å². The Morgan fingerprint density at radius 2 is 2.00 bits per heavy atom. The van der Waals surface area contributed by atoms with Crippen molar-refractivity contribution in [1.29, 1.82) is 0 Å². The maximum Gasteiger partial charge on any atom is 0.302 e. The van der Waals surface area contributed by atoms with Crippen LogP contribution in [0.4, 0.5) is 0 Å². The Bertz CT molecular complexity index is 355. The number of carbonyl (C=O) groups is 1. The molecule has 0 saturated heterocycles. The van der Waals surface area contributed by atoms with Gasteiger partial charge in [0.25, 0.3) is 0 Å². The van der Waals surface area contributed by atoms with Crippen LogP contribution in [0.25, 0.3) is 0 Å². The number of aliphatic hydroxyl groups excluding tert-OH is 1. The predicted molar refractivity (Wildman–Crippen MR) is 66.7 cm³/mol.